The van der Waals surface area contributed by atoms with Crippen LogP contribution in [0, 0.1) is 6.92 Å². The Morgan fingerprint density at radius 2 is 1.79 bits per heavy atom. The van der Waals surface area contributed by atoms with E-state index in [1.54, 1.807) is 4.90 Å². The number of nitrogens with zero attached hydrogens (tertiary/aromatic N) is 3. The van der Waals surface area contributed by atoms with Gasteiger partial charge in [-0.05, 0) is 24.1 Å². The Hall–Kier alpha value is -2.40. The molecule has 0 radical (unpaired) electrons. The average Bonchev–Trinajstić information content (AvgIpc) is 2.63. The molecular formula is C19H23N3O2. The molecule has 0 saturated carbocycles. The van der Waals surface area contributed by atoms with Gasteiger partial charge in [0.15, 0.2) is 0 Å². The molecule has 0 aliphatic carbocycles. The number of rotatable bonds is 4. The predicted octanol–water partition coefficient (Wildman–Crippen LogP) is 2.84. The highest BCUT2D eigenvalue weighted by atomic mass is 16.6. The van der Waals surface area contributed by atoms with Gasteiger partial charge < -0.3 is 9.64 Å². The van der Waals surface area contributed by atoms with Crippen molar-refractivity contribution >= 4 is 6.09 Å². The Kier molecular flexibility index (Phi) is 5.43. The Labute approximate surface area is 142 Å². The molecular weight excluding hydrogens is 302 g/mol. The second kappa shape index (κ2) is 7.93. The van der Waals surface area contributed by atoms with E-state index < -0.39 is 0 Å². The maximum atomic E-state index is 12.1. The van der Waals surface area contributed by atoms with E-state index in [4.69, 9.17) is 4.74 Å². The molecule has 1 fully saturated rings. The van der Waals surface area contributed by atoms with Crippen molar-refractivity contribution in [3.05, 3.63) is 65.5 Å². The number of aromatic nitrogens is 1. The molecule has 0 spiro atoms. The second-order valence-electron chi connectivity index (χ2n) is 6.11. The highest BCUT2D eigenvalue weighted by molar-refractivity contribution is 5.67. The Balaban J connectivity index is 1.42. The van der Waals surface area contributed by atoms with Gasteiger partial charge in [-0.2, -0.15) is 0 Å². The summed E-state index contributed by atoms with van der Waals surface area (Å²) in [6, 6.07) is 13.9. The molecule has 1 saturated heterocycles. The smallest absolute Gasteiger partial charge is 0.410 e. The van der Waals surface area contributed by atoms with Crippen LogP contribution in [-0.4, -0.2) is 47.1 Å². The first kappa shape index (κ1) is 16.5. The van der Waals surface area contributed by atoms with E-state index in [2.05, 4.69) is 16.0 Å². The lowest BCUT2D eigenvalue weighted by molar-refractivity contribution is 0.0700. The first-order chi connectivity index (χ1) is 11.7. The van der Waals surface area contributed by atoms with Gasteiger partial charge in [0.05, 0.1) is 0 Å². The normalized spacial score (nSPS) is 15.3. The number of carbonyl (C=O) groups is 1. The summed E-state index contributed by atoms with van der Waals surface area (Å²) in [5, 5.41) is 0. The van der Waals surface area contributed by atoms with E-state index in [1.165, 1.54) is 5.56 Å². The Morgan fingerprint density at radius 3 is 2.46 bits per heavy atom. The molecule has 3 rings (SSSR count). The number of hydrogen-bond donors (Lipinski definition) is 0. The molecule has 1 aliphatic rings. The van der Waals surface area contributed by atoms with Crippen LogP contribution in [0.5, 0.6) is 0 Å². The van der Waals surface area contributed by atoms with Crippen LogP contribution < -0.4 is 0 Å². The minimum Gasteiger partial charge on any atom is -0.445 e. The lowest BCUT2D eigenvalue weighted by Crippen LogP contribution is -2.48. The fourth-order valence-corrected chi connectivity index (χ4v) is 2.75. The summed E-state index contributed by atoms with van der Waals surface area (Å²) in [6.07, 6.45) is 1.70. The number of ether oxygens (including phenoxy) is 1. The molecule has 1 aromatic carbocycles. The van der Waals surface area contributed by atoms with Crippen molar-refractivity contribution < 1.29 is 9.53 Å². The number of amides is 1. The van der Waals surface area contributed by atoms with Crippen molar-refractivity contribution in [1.29, 1.82) is 0 Å². The van der Waals surface area contributed by atoms with Gasteiger partial charge in [0.2, 0.25) is 0 Å². The van der Waals surface area contributed by atoms with Crippen LogP contribution in [0.3, 0.4) is 0 Å². The van der Waals surface area contributed by atoms with Crippen LogP contribution in [0.1, 0.15) is 16.8 Å². The third-order valence-corrected chi connectivity index (χ3v) is 4.21. The molecule has 2 aromatic rings. The Morgan fingerprint density at radius 1 is 1.04 bits per heavy atom. The van der Waals surface area contributed by atoms with E-state index in [1.807, 2.05) is 49.5 Å². The zero-order valence-electron chi connectivity index (χ0n) is 14.0. The molecule has 0 unspecified atom stereocenters. The summed E-state index contributed by atoms with van der Waals surface area (Å²) in [5.74, 6) is 0. The molecule has 2 heterocycles. The highest BCUT2D eigenvalue weighted by Crippen LogP contribution is 2.10. The zero-order chi connectivity index (χ0) is 16.8. The van der Waals surface area contributed by atoms with E-state index in [9.17, 15) is 4.79 Å². The van der Waals surface area contributed by atoms with Gasteiger partial charge in [-0.3, -0.25) is 9.88 Å². The minimum atomic E-state index is -0.226. The number of hydrogen-bond acceptors (Lipinski definition) is 4. The van der Waals surface area contributed by atoms with E-state index in [0.29, 0.717) is 19.7 Å². The van der Waals surface area contributed by atoms with Gasteiger partial charge in [-0.25, -0.2) is 4.79 Å². The molecule has 126 valence electrons. The van der Waals surface area contributed by atoms with Crippen molar-refractivity contribution in [2.45, 2.75) is 20.1 Å². The van der Waals surface area contributed by atoms with Crippen molar-refractivity contribution in [2.24, 2.45) is 0 Å². The largest absolute Gasteiger partial charge is 0.445 e. The fourth-order valence-electron chi connectivity index (χ4n) is 2.75. The van der Waals surface area contributed by atoms with Gasteiger partial charge in [0, 0.05) is 44.6 Å². The quantitative estimate of drug-likeness (QED) is 0.867. The highest BCUT2D eigenvalue weighted by Gasteiger charge is 2.22. The summed E-state index contributed by atoms with van der Waals surface area (Å²) in [6.45, 7) is 6.31. The van der Waals surface area contributed by atoms with E-state index in [-0.39, 0.29) is 6.09 Å². The lowest BCUT2D eigenvalue weighted by atomic mass is 10.2. The number of pyridine rings is 1. The topological polar surface area (TPSA) is 45.7 Å². The van der Waals surface area contributed by atoms with Gasteiger partial charge in [-0.15, -0.1) is 0 Å². The van der Waals surface area contributed by atoms with Crippen LogP contribution in [0.25, 0.3) is 0 Å². The van der Waals surface area contributed by atoms with Gasteiger partial charge in [-0.1, -0.05) is 36.4 Å². The Bertz CT molecular complexity index is 650. The lowest BCUT2D eigenvalue weighted by Gasteiger charge is -2.34. The molecule has 1 aromatic heterocycles. The summed E-state index contributed by atoms with van der Waals surface area (Å²) < 4.78 is 5.39. The summed E-state index contributed by atoms with van der Waals surface area (Å²) in [5.41, 5.74) is 3.25. The maximum Gasteiger partial charge on any atom is 0.410 e. The van der Waals surface area contributed by atoms with Crippen LogP contribution in [0.4, 0.5) is 4.79 Å². The van der Waals surface area contributed by atoms with Crippen LogP contribution in [0.15, 0.2) is 48.7 Å². The zero-order valence-corrected chi connectivity index (χ0v) is 14.0. The standard InChI is InChI=1S/C19H23N3O2/c1-16-7-8-18(13-20-16)14-21-9-11-22(12-10-21)19(23)24-15-17-5-3-2-4-6-17/h2-8,13H,9-12,14-15H2,1H3. The van der Waals surface area contributed by atoms with Crippen LogP contribution >= 0.6 is 0 Å². The molecule has 0 bridgehead atoms. The van der Waals surface area contributed by atoms with E-state index >= 15 is 0 Å². The van der Waals surface area contributed by atoms with Gasteiger partial charge >= 0.3 is 6.09 Å². The van der Waals surface area contributed by atoms with Crippen molar-refractivity contribution in [1.82, 2.24) is 14.8 Å². The van der Waals surface area contributed by atoms with Crippen LogP contribution in [-0.2, 0) is 17.9 Å². The number of benzene rings is 1. The van der Waals surface area contributed by atoms with Crippen molar-refractivity contribution in [2.75, 3.05) is 26.2 Å². The van der Waals surface area contributed by atoms with E-state index in [0.717, 1.165) is 30.9 Å². The molecule has 0 N–H and O–H groups in total. The molecule has 24 heavy (non-hydrogen) atoms. The maximum absolute atomic E-state index is 12.1. The SMILES string of the molecule is Cc1ccc(CN2CCN(C(=O)OCc3ccccc3)CC2)cn1. The molecule has 1 amide bonds. The number of carbonyl (C=O) groups excluding carboxylic acids is 1. The van der Waals surface area contributed by atoms with Gasteiger partial charge in [0.25, 0.3) is 0 Å². The molecule has 5 nitrogen and oxygen atoms in total. The molecule has 5 heteroatoms. The number of piperazine rings is 1. The first-order valence-electron chi connectivity index (χ1n) is 8.30. The van der Waals surface area contributed by atoms with Crippen LogP contribution in [0.2, 0.25) is 0 Å². The number of aryl methyl sites for hydroxylation is 1. The average molecular weight is 325 g/mol. The fraction of sp³-hybridized carbons (Fsp3) is 0.368. The third kappa shape index (κ3) is 4.55. The second-order valence-corrected chi connectivity index (χ2v) is 6.11. The predicted molar refractivity (Wildman–Crippen MR) is 92.5 cm³/mol. The van der Waals surface area contributed by atoms with Crippen molar-refractivity contribution in [3.8, 4) is 0 Å². The first-order valence-corrected chi connectivity index (χ1v) is 8.30. The summed E-state index contributed by atoms with van der Waals surface area (Å²) in [7, 11) is 0. The van der Waals surface area contributed by atoms with Gasteiger partial charge in [0.1, 0.15) is 6.61 Å². The van der Waals surface area contributed by atoms with Crippen molar-refractivity contribution in [3.63, 3.8) is 0 Å². The monoisotopic (exact) mass is 325 g/mol. The molecule has 1 aliphatic heterocycles. The summed E-state index contributed by atoms with van der Waals surface area (Å²) >= 11 is 0. The molecule has 0 atom stereocenters. The minimum absolute atomic E-state index is 0.226. The summed E-state index contributed by atoms with van der Waals surface area (Å²) in [4.78, 5) is 20.6. The third-order valence-electron chi connectivity index (χ3n) is 4.21.